The molecule has 10 heteroatoms. The minimum atomic E-state index is -4.19. The maximum Gasteiger partial charge on any atom is 0.401 e. The van der Waals surface area contributed by atoms with E-state index in [1.165, 1.54) is 4.90 Å². The number of carbonyl (C=O) groups excluding carboxylic acids is 3. The second-order valence-electron chi connectivity index (χ2n) is 8.44. The lowest BCUT2D eigenvalue weighted by Gasteiger charge is -2.32. The van der Waals surface area contributed by atoms with E-state index in [0.29, 0.717) is 51.0 Å². The Morgan fingerprint density at radius 2 is 1.84 bits per heavy atom. The lowest BCUT2D eigenvalue weighted by atomic mass is 10.0. The first-order valence-corrected chi connectivity index (χ1v) is 10.5. The zero-order valence-electron chi connectivity index (χ0n) is 17.0. The summed E-state index contributed by atoms with van der Waals surface area (Å²) < 4.78 is 37.1. The summed E-state index contributed by atoms with van der Waals surface area (Å²) in [4.78, 5) is 40.0. The molecule has 0 spiro atoms. The van der Waals surface area contributed by atoms with Crippen LogP contribution in [0.1, 0.15) is 47.2 Å². The smallest absolute Gasteiger partial charge is 0.322 e. The van der Waals surface area contributed by atoms with Crippen molar-refractivity contribution in [2.75, 3.05) is 19.6 Å². The highest BCUT2D eigenvalue weighted by molar-refractivity contribution is 6.05. The highest BCUT2D eigenvalue weighted by atomic mass is 19.4. The molecule has 4 rings (SSSR count). The first-order chi connectivity index (χ1) is 14.7. The number of likely N-dealkylation sites (tertiary alicyclic amines) is 1. The van der Waals surface area contributed by atoms with Crippen molar-refractivity contribution in [1.29, 1.82) is 0 Å². The fourth-order valence-corrected chi connectivity index (χ4v) is 4.54. The van der Waals surface area contributed by atoms with Crippen molar-refractivity contribution in [3.8, 4) is 0 Å². The molecule has 168 valence electrons. The lowest BCUT2D eigenvalue weighted by Crippen LogP contribution is -2.52. The van der Waals surface area contributed by atoms with Gasteiger partial charge in [-0.3, -0.25) is 24.6 Å². The molecule has 7 nitrogen and oxygen atoms in total. The molecule has 2 N–H and O–H groups in total. The number of fused-ring (bicyclic) bond motifs is 1. The first kappa shape index (κ1) is 21.8. The van der Waals surface area contributed by atoms with E-state index in [4.69, 9.17) is 0 Å². The van der Waals surface area contributed by atoms with Crippen LogP contribution in [0, 0.1) is 0 Å². The molecule has 3 aliphatic rings. The summed E-state index contributed by atoms with van der Waals surface area (Å²) in [6.07, 6.45) is -2.34. The number of nitrogens with zero attached hydrogens (tertiary/aromatic N) is 2. The molecular formula is C21H25F3N4O3. The van der Waals surface area contributed by atoms with Gasteiger partial charge < -0.3 is 10.2 Å². The van der Waals surface area contributed by atoms with Crippen LogP contribution in [0.3, 0.4) is 0 Å². The van der Waals surface area contributed by atoms with E-state index in [1.807, 2.05) is 12.1 Å². The molecule has 3 heterocycles. The zero-order valence-corrected chi connectivity index (χ0v) is 17.0. The summed E-state index contributed by atoms with van der Waals surface area (Å²) in [6, 6.07) is 4.87. The fourth-order valence-electron chi connectivity index (χ4n) is 4.54. The van der Waals surface area contributed by atoms with E-state index in [-0.39, 0.29) is 24.3 Å². The Bertz CT molecular complexity index is 881. The molecule has 0 bridgehead atoms. The van der Waals surface area contributed by atoms with E-state index in [1.54, 1.807) is 6.07 Å². The van der Waals surface area contributed by atoms with Gasteiger partial charge in [0.15, 0.2) is 0 Å². The minimum absolute atomic E-state index is 0.127. The van der Waals surface area contributed by atoms with Crippen LogP contribution in [0.2, 0.25) is 0 Å². The quantitative estimate of drug-likeness (QED) is 0.682. The standard InChI is InChI=1S/C21H25F3N4O3/c22-21(23,24)12-25-15-5-7-27(8-6-15)10-13-1-2-16-14(9-13)11-28(20(16)31)17-3-4-18(29)26-19(17)30/h1-2,9,15,17,25H,3-8,10-12H2,(H,26,29,30). The number of piperidine rings is 2. The summed E-state index contributed by atoms with van der Waals surface area (Å²) in [5, 5.41) is 4.87. The van der Waals surface area contributed by atoms with Crippen LogP contribution in [-0.4, -0.2) is 65.4 Å². The largest absolute Gasteiger partial charge is 0.401 e. The molecule has 2 saturated heterocycles. The molecule has 1 unspecified atom stereocenters. The third-order valence-electron chi connectivity index (χ3n) is 6.17. The lowest BCUT2D eigenvalue weighted by molar-refractivity contribution is -0.137. The predicted molar refractivity (Wildman–Crippen MR) is 105 cm³/mol. The maximum absolute atomic E-state index is 12.8. The number of amides is 3. The van der Waals surface area contributed by atoms with Crippen molar-refractivity contribution in [3.05, 3.63) is 34.9 Å². The van der Waals surface area contributed by atoms with Gasteiger partial charge in [0.25, 0.3) is 5.91 Å². The summed E-state index contributed by atoms with van der Waals surface area (Å²) in [5.41, 5.74) is 2.45. The monoisotopic (exact) mass is 438 g/mol. The van der Waals surface area contributed by atoms with Gasteiger partial charge >= 0.3 is 6.18 Å². The molecule has 3 amide bonds. The Kier molecular flexibility index (Phi) is 6.02. The Morgan fingerprint density at radius 1 is 1.10 bits per heavy atom. The molecule has 0 aromatic heterocycles. The van der Waals surface area contributed by atoms with Crippen LogP contribution in [0.5, 0.6) is 0 Å². The highest BCUT2D eigenvalue weighted by Gasteiger charge is 2.39. The van der Waals surface area contributed by atoms with Crippen molar-refractivity contribution in [2.45, 2.75) is 57.0 Å². The predicted octanol–water partition coefficient (Wildman–Crippen LogP) is 1.56. The highest BCUT2D eigenvalue weighted by Crippen LogP contribution is 2.29. The number of rotatable bonds is 5. The van der Waals surface area contributed by atoms with Gasteiger partial charge in [0, 0.05) is 31.1 Å². The number of nitrogens with one attached hydrogen (secondary N) is 2. The molecule has 1 aromatic carbocycles. The second-order valence-corrected chi connectivity index (χ2v) is 8.44. The maximum atomic E-state index is 12.8. The molecule has 0 aliphatic carbocycles. The van der Waals surface area contributed by atoms with Crippen LogP contribution < -0.4 is 10.6 Å². The van der Waals surface area contributed by atoms with Crippen LogP contribution in [-0.2, 0) is 22.7 Å². The van der Waals surface area contributed by atoms with Crippen LogP contribution in [0.25, 0.3) is 0 Å². The van der Waals surface area contributed by atoms with Crippen molar-refractivity contribution in [2.24, 2.45) is 0 Å². The average Bonchev–Trinajstić information content (AvgIpc) is 3.03. The Hall–Kier alpha value is -2.46. The fraction of sp³-hybridized carbons (Fsp3) is 0.571. The number of carbonyl (C=O) groups is 3. The third-order valence-corrected chi connectivity index (χ3v) is 6.17. The van der Waals surface area contributed by atoms with Crippen LogP contribution in [0.4, 0.5) is 13.2 Å². The molecule has 1 aromatic rings. The molecule has 3 aliphatic heterocycles. The topological polar surface area (TPSA) is 81.8 Å². The summed E-state index contributed by atoms with van der Waals surface area (Å²) in [7, 11) is 0. The van der Waals surface area contributed by atoms with E-state index in [2.05, 4.69) is 15.5 Å². The molecule has 31 heavy (non-hydrogen) atoms. The van der Waals surface area contributed by atoms with E-state index in [9.17, 15) is 27.6 Å². The Balaban J connectivity index is 1.33. The number of halogens is 3. The number of imide groups is 1. The molecule has 2 fully saturated rings. The van der Waals surface area contributed by atoms with Gasteiger partial charge in [0.1, 0.15) is 6.04 Å². The van der Waals surface area contributed by atoms with Crippen molar-refractivity contribution in [1.82, 2.24) is 20.4 Å². The molecular weight excluding hydrogens is 413 g/mol. The van der Waals surface area contributed by atoms with Crippen molar-refractivity contribution in [3.63, 3.8) is 0 Å². The van der Waals surface area contributed by atoms with Crippen LogP contribution in [0.15, 0.2) is 18.2 Å². The minimum Gasteiger partial charge on any atom is -0.322 e. The third kappa shape index (κ3) is 5.07. The molecule has 0 radical (unpaired) electrons. The summed E-state index contributed by atoms with van der Waals surface area (Å²) in [5.74, 6) is -0.947. The number of hydrogen-bond acceptors (Lipinski definition) is 5. The zero-order chi connectivity index (χ0) is 22.2. The molecule has 0 saturated carbocycles. The average molecular weight is 438 g/mol. The van der Waals surface area contributed by atoms with Gasteiger partial charge in [0.2, 0.25) is 11.8 Å². The number of hydrogen-bond donors (Lipinski definition) is 2. The van der Waals surface area contributed by atoms with Gasteiger partial charge in [-0.1, -0.05) is 12.1 Å². The Morgan fingerprint density at radius 3 is 2.52 bits per heavy atom. The van der Waals surface area contributed by atoms with Gasteiger partial charge in [-0.15, -0.1) is 0 Å². The van der Waals surface area contributed by atoms with Gasteiger partial charge in [-0.2, -0.15) is 13.2 Å². The van der Waals surface area contributed by atoms with Gasteiger partial charge in [-0.05, 0) is 49.5 Å². The van der Waals surface area contributed by atoms with Crippen molar-refractivity contribution >= 4 is 17.7 Å². The first-order valence-electron chi connectivity index (χ1n) is 10.5. The second kappa shape index (κ2) is 8.58. The van der Waals surface area contributed by atoms with E-state index >= 15 is 0 Å². The normalized spacial score (nSPS) is 23.3. The van der Waals surface area contributed by atoms with Gasteiger partial charge in [-0.25, -0.2) is 0 Å². The van der Waals surface area contributed by atoms with Gasteiger partial charge in [0.05, 0.1) is 6.54 Å². The van der Waals surface area contributed by atoms with E-state index < -0.39 is 24.7 Å². The van der Waals surface area contributed by atoms with E-state index in [0.717, 1.165) is 11.1 Å². The SMILES string of the molecule is O=C1CCC(N2Cc3cc(CN4CCC(NCC(F)(F)F)CC4)ccc3C2=O)C(=O)N1. The Labute approximate surface area is 177 Å². The molecule has 1 atom stereocenters. The number of benzene rings is 1. The van der Waals surface area contributed by atoms with Crippen LogP contribution >= 0.6 is 0 Å². The summed E-state index contributed by atoms with van der Waals surface area (Å²) >= 11 is 0. The summed E-state index contributed by atoms with van der Waals surface area (Å²) in [6.45, 7) is 1.44. The number of alkyl halides is 3. The van der Waals surface area contributed by atoms with Crippen molar-refractivity contribution < 1.29 is 27.6 Å².